The van der Waals surface area contributed by atoms with E-state index in [0.29, 0.717) is 11.5 Å². The molecule has 2 rings (SSSR count). The van der Waals surface area contributed by atoms with E-state index in [1.165, 1.54) is 23.8 Å². The molecule has 0 radical (unpaired) electrons. The van der Waals surface area contributed by atoms with Gasteiger partial charge in [-0.05, 0) is 56.7 Å². The summed E-state index contributed by atoms with van der Waals surface area (Å²) in [7, 11) is 0. The van der Waals surface area contributed by atoms with Gasteiger partial charge in [-0.3, -0.25) is 0 Å². The van der Waals surface area contributed by atoms with Crippen LogP contribution in [0.15, 0.2) is 42.5 Å². The fourth-order valence-corrected chi connectivity index (χ4v) is 1.93. The Balaban J connectivity index is 2.02. The Kier molecular flexibility index (Phi) is 4.86. The van der Waals surface area contributed by atoms with E-state index in [1.807, 2.05) is 24.3 Å². The number of rotatable bonds is 4. The smallest absolute Gasteiger partial charge is 0.146 e. The summed E-state index contributed by atoms with van der Waals surface area (Å²) in [5.41, 5.74) is 1.25. The van der Waals surface area contributed by atoms with Gasteiger partial charge in [0.05, 0.1) is 5.02 Å². The van der Waals surface area contributed by atoms with Crippen LogP contribution in [0, 0.1) is 5.82 Å². The average molecular weight is 308 g/mol. The van der Waals surface area contributed by atoms with Crippen molar-refractivity contribution in [3.8, 4) is 11.5 Å². The van der Waals surface area contributed by atoms with Crippen LogP contribution in [-0.2, 0) is 6.54 Å². The third-order valence-electron chi connectivity index (χ3n) is 2.87. The zero-order chi connectivity index (χ0) is 15.5. The molecule has 0 saturated carbocycles. The molecule has 0 aromatic heterocycles. The molecular weight excluding hydrogens is 289 g/mol. The van der Waals surface area contributed by atoms with Crippen molar-refractivity contribution in [1.82, 2.24) is 5.32 Å². The van der Waals surface area contributed by atoms with Gasteiger partial charge >= 0.3 is 0 Å². The highest BCUT2D eigenvalue weighted by Crippen LogP contribution is 2.29. The Morgan fingerprint density at radius 2 is 1.76 bits per heavy atom. The van der Waals surface area contributed by atoms with E-state index in [9.17, 15) is 4.39 Å². The monoisotopic (exact) mass is 307 g/mol. The second-order valence-electron chi connectivity index (χ2n) is 5.92. The van der Waals surface area contributed by atoms with Gasteiger partial charge in [-0.1, -0.05) is 23.7 Å². The molecule has 0 aliphatic rings. The molecule has 0 amide bonds. The van der Waals surface area contributed by atoms with Crippen LogP contribution in [0.1, 0.15) is 26.3 Å². The first-order chi connectivity index (χ1) is 9.83. The summed E-state index contributed by atoms with van der Waals surface area (Å²) in [6.07, 6.45) is 0. The second kappa shape index (κ2) is 6.46. The van der Waals surface area contributed by atoms with E-state index >= 15 is 0 Å². The molecule has 0 spiro atoms. The maximum Gasteiger partial charge on any atom is 0.146 e. The standard InChI is InChI=1S/C17H19ClFNO/c1-17(2,3)20-11-12-4-7-14(8-5-12)21-16-9-6-13(19)10-15(16)18/h4-10,20H,11H2,1-3H3. The van der Waals surface area contributed by atoms with E-state index in [0.717, 1.165) is 6.54 Å². The molecule has 1 N–H and O–H groups in total. The first-order valence-electron chi connectivity index (χ1n) is 6.80. The number of hydrogen-bond acceptors (Lipinski definition) is 2. The van der Waals surface area contributed by atoms with Gasteiger partial charge in [0.15, 0.2) is 0 Å². The first kappa shape index (κ1) is 15.8. The maximum absolute atomic E-state index is 13.0. The van der Waals surface area contributed by atoms with Crippen molar-refractivity contribution in [3.63, 3.8) is 0 Å². The highest BCUT2D eigenvalue weighted by molar-refractivity contribution is 6.32. The minimum absolute atomic E-state index is 0.0802. The van der Waals surface area contributed by atoms with E-state index in [2.05, 4.69) is 26.1 Å². The molecule has 0 unspecified atom stereocenters. The van der Waals surface area contributed by atoms with Gasteiger partial charge in [0.2, 0.25) is 0 Å². The summed E-state index contributed by atoms with van der Waals surface area (Å²) < 4.78 is 18.6. The summed E-state index contributed by atoms with van der Waals surface area (Å²) in [4.78, 5) is 0. The summed E-state index contributed by atoms with van der Waals surface area (Å²) in [5.74, 6) is 0.734. The molecule has 0 aliphatic carbocycles. The van der Waals surface area contributed by atoms with Gasteiger partial charge in [0.1, 0.15) is 17.3 Å². The van der Waals surface area contributed by atoms with Crippen LogP contribution >= 0.6 is 11.6 Å². The van der Waals surface area contributed by atoms with Crippen molar-refractivity contribution >= 4 is 11.6 Å². The van der Waals surface area contributed by atoms with Gasteiger partial charge in [-0.2, -0.15) is 0 Å². The molecule has 0 heterocycles. The SMILES string of the molecule is CC(C)(C)NCc1ccc(Oc2ccc(F)cc2Cl)cc1. The number of nitrogens with one attached hydrogen (secondary N) is 1. The van der Waals surface area contributed by atoms with E-state index < -0.39 is 0 Å². The number of hydrogen-bond donors (Lipinski definition) is 1. The molecule has 2 aromatic rings. The Labute approximate surface area is 129 Å². The molecule has 2 aromatic carbocycles. The van der Waals surface area contributed by atoms with Crippen LogP contribution in [0.2, 0.25) is 5.02 Å². The lowest BCUT2D eigenvalue weighted by Crippen LogP contribution is -2.34. The number of ether oxygens (including phenoxy) is 1. The lowest BCUT2D eigenvalue weighted by Gasteiger charge is -2.20. The predicted molar refractivity (Wildman–Crippen MR) is 84.5 cm³/mol. The van der Waals surface area contributed by atoms with Gasteiger partial charge in [0.25, 0.3) is 0 Å². The molecule has 0 bridgehead atoms. The van der Waals surface area contributed by atoms with Crippen molar-refractivity contribution in [2.24, 2.45) is 0 Å². The lowest BCUT2D eigenvalue weighted by atomic mass is 10.1. The largest absolute Gasteiger partial charge is 0.456 e. The van der Waals surface area contributed by atoms with Crippen LogP contribution < -0.4 is 10.1 Å². The van der Waals surface area contributed by atoms with Gasteiger partial charge in [-0.15, -0.1) is 0 Å². The maximum atomic E-state index is 13.0. The Hall–Kier alpha value is -1.58. The van der Waals surface area contributed by atoms with Crippen molar-refractivity contribution in [1.29, 1.82) is 0 Å². The molecule has 112 valence electrons. The third kappa shape index (κ3) is 5.03. The van der Waals surface area contributed by atoms with Crippen molar-refractivity contribution in [3.05, 3.63) is 58.9 Å². The molecule has 0 atom stereocenters. The Morgan fingerprint density at radius 3 is 2.33 bits per heavy atom. The Bertz CT molecular complexity index is 605. The molecule has 0 aliphatic heterocycles. The fraction of sp³-hybridized carbons (Fsp3) is 0.294. The molecule has 0 saturated heterocycles. The first-order valence-corrected chi connectivity index (χ1v) is 7.18. The summed E-state index contributed by atoms with van der Waals surface area (Å²) in [5, 5.41) is 3.68. The van der Waals surface area contributed by atoms with Crippen molar-refractivity contribution in [2.45, 2.75) is 32.9 Å². The van der Waals surface area contributed by atoms with Gasteiger partial charge < -0.3 is 10.1 Å². The van der Waals surface area contributed by atoms with E-state index in [1.54, 1.807) is 0 Å². The van der Waals surface area contributed by atoms with Gasteiger partial charge in [0, 0.05) is 12.1 Å². The molecule has 0 fully saturated rings. The molecular formula is C17H19ClFNO. The quantitative estimate of drug-likeness (QED) is 0.842. The van der Waals surface area contributed by atoms with Crippen LogP contribution in [-0.4, -0.2) is 5.54 Å². The van der Waals surface area contributed by atoms with E-state index in [-0.39, 0.29) is 16.4 Å². The lowest BCUT2D eigenvalue weighted by molar-refractivity contribution is 0.424. The number of halogens is 2. The second-order valence-corrected chi connectivity index (χ2v) is 6.33. The minimum atomic E-state index is -0.379. The molecule has 4 heteroatoms. The van der Waals surface area contributed by atoms with Crippen molar-refractivity contribution in [2.75, 3.05) is 0 Å². The topological polar surface area (TPSA) is 21.3 Å². The van der Waals surface area contributed by atoms with E-state index in [4.69, 9.17) is 16.3 Å². The zero-order valence-electron chi connectivity index (χ0n) is 12.4. The summed E-state index contributed by atoms with van der Waals surface area (Å²) in [6.45, 7) is 7.17. The van der Waals surface area contributed by atoms with Crippen LogP contribution in [0.25, 0.3) is 0 Å². The predicted octanol–water partition coefficient (Wildman–Crippen LogP) is 5.16. The van der Waals surface area contributed by atoms with Gasteiger partial charge in [-0.25, -0.2) is 4.39 Å². The normalized spacial score (nSPS) is 11.5. The number of benzene rings is 2. The summed E-state index contributed by atoms with van der Waals surface area (Å²) >= 11 is 5.94. The molecule has 2 nitrogen and oxygen atoms in total. The Morgan fingerprint density at radius 1 is 1.10 bits per heavy atom. The third-order valence-corrected chi connectivity index (χ3v) is 3.16. The fourth-order valence-electron chi connectivity index (χ4n) is 1.73. The average Bonchev–Trinajstić information content (AvgIpc) is 2.40. The van der Waals surface area contributed by atoms with Crippen LogP contribution in [0.5, 0.6) is 11.5 Å². The highest BCUT2D eigenvalue weighted by atomic mass is 35.5. The van der Waals surface area contributed by atoms with Crippen LogP contribution in [0.4, 0.5) is 4.39 Å². The van der Waals surface area contributed by atoms with Crippen molar-refractivity contribution < 1.29 is 9.13 Å². The van der Waals surface area contributed by atoms with Crippen LogP contribution in [0.3, 0.4) is 0 Å². The zero-order valence-corrected chi connectivity index (χ0v) is 13.2. The molecule has 21 heavy (non-hydrogen) atoms. The summed E-state index contributed by atoms with van der Waals surface area (Å²) in [6, 6.07) is 11.8. The highest BCUT2D eigenvalue weighted by Gasteiger charge is 2.08. The minimum Gasteiger partial charge on any atom is -0.456 e.